The van der Waals surface area contributed by atoms with Crippen molar-refractivity contribution in [3.8, 4) is 0 Å². The molecule has 0 fully saturated rings. The Labute approximate surface area is 44.8 Å². The predicted octanol–water partition coefficient (Wildman–Crippen LogP) is -0.908. The molecule has 0 saturated heterocycles. The van der Waals surface area contributed by atoms with E-state index in [4.69, 9.17) is 0 Å². The van der Waals surface area contributed by atoms with Crippen LogP contribution in [0.2, 0.25) is 0 Å². The Kier molecular flexibility index (Phi) is 0.997. The molecule has 41 valence electrons. The van der Waals surface area contributed by atoms with Crippen LogP contribution >= 0.6 is 0 Å². The van der Waals surface area contributed by atoms with Gasteiger partial charge in [-0.2, -0.15) is 0 Å². The average molecular weight is 111 g/mol. The number of carbonyl (C=O) groups excluding carboxylic acids is 1. The first-order valence-corrected chi connectivity index (χ1v) is 1.99. The highest BCUT2D eigenvalue weighted by molar-refractivity contribution is 5.50. The van der Waals surface area contributed by atoms with Crippen LogP contribution in [0.4, 0.5) is 0 Å². The minimum atomic E-state index is -0.458. The summed E-state index contributed by atoms with van der Waals surface area (Å²) in [6, 6.07) is 0. The molecule has 0 aliphatic rings. The monoisotopic (exact) mass is 111 g/mol. The third-order valence-corrected chi connectivity index (χ3v) is 0.748. The number of hydrogen-bond acceptors (Lipinski definition) is 2. The van der Waals surface area contributed by atoms with Crippen molar-refractivity contribution < 1.29 is 4.79 Å². The van der Waals surface area contributed by atoms with Crippen molar-refractivity contribution in [1.29, 1.82) is 0 Å². The highest BCUT2D eigenvalue weighted by atomic mass is 16.2. The number of aromatic nitrogens is 2. The van der Waals surface area contributed by atoms with Gasteiger partial charge in [-0.3, -0.25) is 4.79 Å². The quantitative estimate of drug-likeness (QED) is 0.510. The van der Waals surface area contributed by atoms with Crippen LogP contribution in [0.1, 0.15) is 0 Å². The van der Waals surface area contributed by atoms with Gasteiger partial charge in [0.05, 0.1) is 0 Å². The normalized spacial score (nSPS) is 9.00. The summed E-state index contributed by atoms with van der Waals surface area (Å²) >= 11 is 0. The molecule has 0 bridgehead atoms. The second kappa shape index (κ2) is 1.65. The van der Waals surface area contributed by atoms with Crippen LogP contribution in [0.5, 0.6) is 0 Å². The predicted molar refractivity (Wildman–Crippen MR) is 26.1 cm³/mol. The third-order valence-electron chi connectivity index (χ3n) is 0.748. The van der Waals surface area contributed by atoms with Gasteiger partial charge in [-0.1, -0.05) is 0 Å². The first-order valence-electron chi connectivity index (χ1n) is 1.99. The summed E-state index contributed by atoms with van der Waals surface area (Å²) in [7, 11) is 0. The number of imidazole rings is 1. The van der Waals surface area contributed by atoms with Crippen LogP contribution in [-0.4, -0.2) is 16.0 Å². The van der Waals surface area contributed by atoms with Crippen LogP contribution in [0.15, 0.2) is 17.2 Å². The first kappa shape index (κ1) is 4.83. The molecule has 0 spiro atoms. The molecule has 8 heavy (non-hydrogen) atoms. The lowest BCUT2D eigenvalue weighted by molar-refractivity contribution is 0.545. The molecule has 1 aromatic heterocycles. The van der Waals surface area contributed by atoms with Crippen LogP contribution in [0.25, 0.3) is 0 Å². The number of H-pyrrole nitrogens is 1. The van der Waals surface area contributed by atoms with E-state index in [0.717, 1.165) is 4.57 Å². The molecule has 1 N–H and O–H groups in total. The van der Waals surface area contributed by atoms with E-state index in [2.05, 4.69) is 4.98 Å². The Morgan fingerprint density at radius 1 is 1.75 bits per heavy atom. The van der Waals surface area contributed by atoms with E-state index in [0.29, 0.717) is 0 Å². The van der Waals surface area contributed by atoms with Gasteiger partial charge in [-0.25, -0.2) is 9.36 Å². The van der Waals surface area contributed by atoms with Gasteiger partial charge in [-0.05, 0) is 0 Å². The molecule has 1 rings (SSSR count). The third kappa shape index (κ3) is 0.556. The van der Waals surface area contributed by atoms with Gasteiger partial charge in [0.15, 0.2) is 0 Å². The SMILES string of the molecule is O=[C]n1cc[nH]c1=O. The minimum Gasteiger partial charge on any atom is -0.312 e. The fourth-order valence-corrected chi connectivity index (χ4v) is 0.392. The van der Waals surface area contributed by atoms with Crippen molar-refractivity contribution in [3.63, 3.8) is 0 Å². The fourth-order valence-electron chi connectivity index (χ4n) is 0.392. The summed E-state index contributed by atoms with van der Waals surface area (Å²) < 4.78 is 0.792. The maximum atomic E-state index is 10.3. The summed E-state index contributed by atoms with van der Waals surface area (Å²) in [6.07, 6.45) is 4.07. The molecule has 4 heteroatoms. The van der Waals surface area contributed by atoms with Crippen molar-refractivity contribution in [2.24, 2.45) is 0 Å². The van der Waals surface area contributed by atoms with E-state index >= 15 is 0 Å². The number of rotatable bonds is 1. The van der Waals surface area contributed by atoms with E-state index in [1.807, 2.05) is 0 Å². The smallest absolute Gasteiger partial charge is 0.312 e. The van der Waals surface area contributed by atoms with Crippen molar-refractivity contribution in [2.75, 3.05) is 0 Å². The zero-order valence-electron chi connectivity index (χ0n) is 3.92. The Morgan fingerprint density at radius 3 is 2.75 bits per heavy atom. The van der Waals surface area contributed by atoms with E-state index in [-0.39, 0.29) is 0 Å². The molecular weight excluding hydrogens is 108 g/mol. The topological polar surface area (TPSA) is 54.9 Å². The number of hydrogen-bond donors (Lipinski definition) is 1. The molecule has 0 aromatic carbocycles. The van der Waals surface area contributed by atoms with Crippen LogP contribution in [0.3, 0.4) is 0 Å². The van der Waals surface area contributed by atoms with Gasteiger partial charge >= 0.3 is 12.1 Å². The Bertz CT molecular complexity index is 234. The molecule has 4 nitrogen and oxygen atoms in total. The lowest BCUT2D eigenvalue weighted by atomic mass is 10.9. The van der Waals surface area contributed by atoms with E-state index in [9.17, 15) is 9.59 Å². The van der Waals surface area contributed by atoms with E-state index in [1.54, 1.807) is 0 Å². The first-order chi connectivity index (χ1) is 3.84. The molecule has 0 atom stereocenters. The van der Waals surface area contributed by atoms with Crippen molar-refractivity contribution in [3.05, 3.63) is 22.9 Å². The Morgan fingerprint density at radius 2 is 2.50 bits per heavy atom. The second-order valence-corrected chi connectivity index (χ2v) is 1.23. The standard InChI is InChI=1S/C4H3N2O2/c7-3-6-2-1-5-4(6)8/h1-2H,(H,5,8). The molecule has 1 aromatic rings. The molecular formula is C4H3N2O2. The Balaban J connectivity index is 3.30. The fraction of sp³-hybridized carbons (Fsp3) is 0. The summed E-state index contributed by atoms with van der Waals surface area (Å²) in [5.41, 5.74) is -0.458. The van der Waals surface area contributed by atoms with Crippen molar-refractivity contribution in [2.45, 2.75) is 0 Å². The number of nitrogens with one attached hydrogen (secondary N) is 1. The van der Waals surface area contributed by atoms with Crippen LogP contribution < -0.4 is 5.69 Å². The highest BCUT2D eigenvalue weighted by Gasteiger charge is 1.88. The molecule has 0 amide bonds. The minimum absolute atomic E-state index is 0.458. The van der Waals surface area contributed by atoms with Crippen molar-refractivity contribution >= 4 is 6.41 Å². The van der Waals surface area contributed by atoms with Crippen LogP contribution in [0, 0.1) is 0 Å². The Hall–Kier alpha value is -1.32. The molecule has 1 heterocycles. The molecule has 0 aliphatic heterocycles. The molecule has 0 saturated carbocycles. The van der Waals surface area contributed by atoms with Gasteiger partial charge in [-0.15, -0.1) is 0 Å². The molecule has 0 aliphatic carbocycles. The second-order valence-electron chi connectivity index (χ2n) is 1.23. The summed E-state index contributed by atoms with van der Waals surface area (Å²) in [6.45, 7) is 0. The van der Waals surface area contributed by atoms with Crippen LogP contribution in [-0.2, 0) is 4.79 Å². The number of nitrogens with zero attached hydrogens (tertiary/aromatic N) is 1. The average Bonchev–Trinajstić information content (AvgIpc) is 2.14. The molecule has 1 radical (unpaired) electrons. The summed E-state index contributed by atoms with van der Waals surface area (Å²) in [5, 5.41) is 0. The maximum absolute atomic E-state index is 10.3. The largest absolute Gasteiger partial charge is 0.332 e. The molecule has 0 unspecified atom stereocenters. The van der Waals surface area contributed by atoms with Gasteiger partial charge in [0.1, 0.15) is 0 Å². The number of aromatic amines is 1. The lowest BCUT2D eigenvalue weighted by Crippen LogP contribution is -2.14. The summed E-state index contributed by atoms with van der Waals surface area (Å²) in [5.74, 6) is 0. The van der Waals surface area contributed by atoms with Crippen molar-refractivity contribution in [1.82, 2.24) is 9.55 Å². The summed E-state index contributed by atoms with van der Waals surface area (Å²) in [4.78, 5) is 22.3. The van der Waals surface area contributed by atoms with E-state index < -0.39 is 5.69 Å². The van der Waals surface area contributed by atoms with E-state index in [1.165, 1.54) is 18.8 Å². The zero-order valence-corrected chi connectivity index (χ0v) is 3.92. The lowest BCUT2D eigenvalue weighted by Gasteiger charge is -1.73. The van der Waals surface area contributed by atoms with Gasteiger partial charge < -0.3 is 4.98 Å². The zero-order chi connectivity index (χ0) is 5.98. The van der Waals surface area contributed by atoms with Gasteiger partial charge in [0, 0.05) is 12.4 Å². The highest BCUT2D eigenvalue weighted by Crippen LogP contribution is 1.66. The van der Waals surface area contributed by atoms with Gasteiger partial charge in [0.25, 0.3) is 0 Å². The maximum Gasteiger partial charge on any atom is 0.332 e. The van der Waals surface area contributed by atoms with Gasteiger partial charge in [0.2, 0.25) is 0 Å².